The molecule has 106 valence electrons. The van der Waals surface area contributed by atoms with E-state index in [0.717, 1.165) is 11.3 Å². The van der Waals surface area contributed by atoms with Crippen LogP contribution in [0.3, 0.4) is 0 Å². The predicted molar refractivity (Wildman–Crippen MR) is 75.0 cm³/mol. The molecule has 0 spiro atoms. The highest BCUT2D eigenvalue weighted by Crippen LogP contribution is 2.21. The number of ether oxygens (including phenoxy) is 1. The first-order valence-electron chi connectivity index (χ1n) is 6.37. The number of aromatic carboxylic acids is 1. The molecule has 1 aromatic rings. The molecular weight excluding hydrogens is 244 g/mol. The lowest BCUT2D eigenvalue weighted by atomic mass is 10.1. The molecule has 0 unspecified atom stereocenters. The van der Waals surface area contributed by atoms with E-state index in [1.165, 1.54) is 0 Å². The van der Waals surface area contributed by atoms with E-state index in [0.29, 0.717) is 19.0 Å². The Morgan fingerprint density at radius 3 is 2.63 bits per heavy atom. The second-order valence-electron chi connectivity index (χ2n) is 4.93. The Labute approximate surface area is 114 Å². The largest absolute Gasteiger partial charge is 0.478 e. The van der Waals surface area contributed by atoms with Crippen molar-refractivity contribution in [3.05, 3.63) is 22.9 Å². The summed E-state index contributed by atoms with van der Waals surface area (Å²) in [5.41, 5.74) is 1.80. The molecule has 0 saturated carbocycles. The maximum Gasteiger partial charge on any atom is 0.339 e. The van der Waals surface area contributed by atoms with Crippen molar-refractivity contribution in [2.45, 2.75) is 33.8 Å². The lowest BCUT2D eigenvalue weighted by Gasteiger charge is -2.22. The Morgan fingerprint density at radius 2 is 2.11 bits per heavy atom. The smallest absolute Gasteiger partial charge is 0.339 e. The van der Waals surface area contributed by atoms with E-state index in [1.807, 2.05) is 32.7 Å². The Hall–Kier alpha value is -1.62. The van der Waals surface area contributed by atoms with Crippen LogP contribution in [-0.2, 0) is 4.74 Å². The highest BCUT2D eigenvalue weighted by Gasteiger charge is 2.18. The number of carbonyl (C=O) groups is 1. The Balaban J connectivity index is 2.94. The highest BCUT2D eigenvalue weighted by atomic mass is 16.5. The van der Waals surface area contributed by atoms with Crippen molar-refractivity contribution in [1.29, 1.82) is 0 Å². The van der Waals surface area contributed by atoms with E-state index in [9.17, 15) is 9.90 Å². The third kappa shape index (κ3) is 4.21. The van der Waals surface area contributed by atoms with Crippen LogP contribution in [0.15, 0.2) is 6.07 Å². The van der Waals surface area contributed by atoms with Gasteiger partial charge in [-0.1, -0.05) is 0 Å². The molecule has 0 atom stereocenters. The van der Waals surface area contributed by atoms with Crippen molar-refractivity contribution in [2.24, 2.45) is 0 Å². The molecule has 0 bridgehead atoms. The molecule has 19 heavy (non-hydrogen) atoms. The standard InChI is InChI=1S/C14H22N2O3/c1-9(2)19-7-6-16(5)13-12(14(17)18)10(3)8-11(4)15-13/h8-9H,6-7H2,1-5H3,(H,17,18). The normalized spacial score (nSPS) is 10.8. The molecule has 1 N–H and O–H groups in total. The van der Waals surface area contributed by atoms with Crippen molar-refractivity contribution < 1.29 is 14.6 Å². The Morgan fingerprint density at radius 1 is 1.47 bits per heavy atom. The Bertz CT molecular complexity index is 458. The van der Waals surface area contributed by atoms with E-state index >= 15 is 0 Å². The van der Waals surface area contributed by atoms with Crippen molar-refractivity contribution in [3.8, 4) is 0 Å². The number of hydrogen-bond acceptors (Lipinski definition) is 4. The van der Waals surface area contributed by atoms with Crippen LogP contribution in [0.25, 0.3) is 0 Å². The van der Waals surface area contributed by atoms with Gasteiger partial charge in [-0.2, -0.15) is 0 Å². The Kier molecular flexibility index (Phi) is 5.30. The summed E-state index contributed by atoms with van der Waals surface area (Å²) in [6.07, 6.45) is 0.166. The van der Waals surface area contributed by atoms with Crippen LogP contribution in [0.5, 0.6) is 0 Å². The minimum Gasteiger partial charge on any atom is -0.478 e. The number of hydrogen-bond donors (Lipinski definition) is 1. The summed E-state index contributed by atoms with van der Waals surface area (Å²) < 4.78 is 5.48. The van der Waals surface area contributed by atoms with Crippen molar-refractivity contribution in [2.75, 3.05) is 25.1 Å². The number of anilines is 1. The fraction of sp³-hybridized carbons (Fsp3) is 0.571. The van der Waals surface area contributed by atoms with Gasteiger partial charge in [0.25, 0.3) is 0 Å². The van der Waals surface area contributed by atoms with E-state index in [4.69, 9.17) is 4.74 Å². The maximum absolute atomic E-state index is 11.3. The number of nitrogens with zero attached hydrogens (tertiary/aromatic N) is 2. The molecule has 1 aromatic heterocycles. The van der Waals surface area contributed by atoms with Gasteiger partial charge in [-0.15, -0.1) is 0 Å². The third-order valence-corrected chi connectivity index (χ3v) is 2.78. The molecule has 0 radical (unpaired) electrons. The SMILES string of the molecule is Cc1cc(C)c(C(=O)O)c(N(C)CCOC(C)C)n1. The highest BCUT2D eigenvalue weighted by molar-refractivity contribution is 5.95. The van der Waals surface area contributed by atoms with Gasteiger partial charge in [-0.3, -0.25) is 0 Å². The molecule has 1 rings (SSSR count). The first-order chi connectivity index (χ1) is 8.82. The van der Waals surface area contributed by atoms with Gasteiger partial charge in [-0.25, -0.2) is 9.78 Å². The van der Waals surface area contributed by atoms with Gasteiger partial charge in [0.2, 0.25) is 0 Å². The third-order valence-electron chi connectivity index (χ3n) is 2.78. The predicted octanol–water partition coefficient (Wildman–Crippen LogP) is 2.26. The lowest BCUT2D eigenvalue weighted by Crippen LogP contribution is -2.27. The molecule has 0 saturated heterocycles. The van der Waals surface area contributed by atoms with E-state index < -0.39 is 5.97 Å². The molecule has 0 fully saturated rings. The number of carboxylic acid groups (broad SMARTS) is 1. The topological polar surface area (TPSA) is 62.7 Å². The molecule has 0 aliphatic rings. The summed E-state index contributed by atoms with van der Waals surface area (Å²) in [4.78, 5) is 17.5. The van der Waals surface area contributed by atoms with Crippen molar-refractivity contribution >= 4 is 11.8 Å². The zero-order valence-electron chi connectivity index (χ0n) is 12.2. The number of likely N-dealkylation sites (N-methyl/N-ethyl adjacent to an activating group) is 1. The van der Waals surface area contributed by atoms with Crippen molar-refractivity contribution in [1.82, 2.24) is 4.98 Å². The monoisotopic (exact) mass is 266 g/mol. The molecule has 1 heterocycles. The molecule has 0 aliphatic heterocycles. The van der Waals surface area contributed by atoms with Gasteiger partial charge in [0.1, 0.15) is 11.4 Å². The quantitative estimate of drug-likeness (QED) is 0.855. The van der Waals surface area contributed by atoms with E-state index in [1.54, 1.807) is 13.0 Å². The second kappa shape index (κ2) is 6.52. The number of aromatic nitrogens is 1. The van der Waals surface area contributed by atoms with Gasteiger partial charge in [0, 0.05) is 19.3 Å². The fourth-order valence-electron chi connectivity index (χ4n) is 1.89. The van der Waals surface area contributed by atoms with E-state index in [2.05, 4.69) is 4.98 Å². The van der Waals surface area contributed by atoms with Crippen LogP contribution in [0, 0.1) is 13.8 Å². The number of carboxylic acids is 1. The number of aryl methyl sites for hydroxylation is 2. The number of rotatable bonds is 6. The zero-order valence-corrected chi connectivity index (χ0v) is 12.2. The summed E-state index contributed by atoms with van der Waals surface area (Å²) in [6, 6.07) is 1.78. The average molecular weight is 266 g/mol. The summed E-state index contributed by atoms with van der Waals surface area (Å²) in [5.74, 6) is -0.450. The molecule has 0 aliphatic carbocycles. The van der Waals surface area contributed by atoms with Crippen LogP contribution in [0.1, 0.15) is 35.5 Å². The first-order valence-corrected chi connectivity index (χ1v) is 6.37. The first kappa shape index (κ1) is 15.4. The van der Waals surface area contributed by atoms with Crippen LogP contribution in [0.4, 0.5) is 5.82 Å². The fourth-order valence-corrected chi connectivity index (χ4v) is 1.89. The van der Waals surface area contributed by atoms with Gasteiger partial charge in [-0.05, 0) is 39.3 Å². The van der Waals surface area contributed by atoms with Crippen LogP contribution in [0.2, 0.25) is 0 Å². The van der Waals surface area contributed by atoms with Crippen molar-refractivity contribution in [3.63, 3.8) is 0 Å². The molecule has 5 nitrogen and oxygen atoms in total. The maximum atomic E-state index is 11.3. The summed E-state index contributed by atoms with van der Waals surface area (Å²) in [7, 11) is 1.83. The van der Waals surface area contributed by atoms with Gasteiger partial charge in [0.15, 0.2) is 0 Å². The second-order valence-corrected chi connectivity index (χ2v) is 4.93. The van der Waals surface area contributed by atoms with Crippen LogP contribution < -0.4 is 4.90 Å². The van der Waals surface area contributed by atoms with Crippen LogP contribution >= 0.6 is 0 Å². The van der Waals surface area contributed by atoms with E-state index in [-0.39, 0.29) is 11.7 Å². The summed E-state index contributed by atoms with van der Waals surface area (Å²) in [6.45, 7) is 8.74. The minimum atomic E-state index is -0.948. The zero-order chi connectivity index (χ0) is 14.6. The molecular formula is C14H22N2O3. The molecule has 5 heteroatoms. The van der Waals surface area contributed by atoms with Gasteiger partial charge in [0.05, 0.1) is 12.7 Å². The van der Waals surface area contributed by atoms with Gasteiger partial charge >= 0.3 is 5.97 Å². The number of pyridine rings is 1. The average Bonchev–Trinajstić information content (AvgIpc) is 2.26. The lowest BCUT2D eigenvalue weighted by molar-refractivity contribution is 0.0694. The molecule has 0 aromatic carbocycles. The summed E-state index contributed by atoms with van der Waals surface area (Å²) in [5, 5.41) is 9.30. The van der Waals surface area contributed by atoms with Crippen LogP contribution in [-0.4, -0.2) is 42.4 Å². The minimum absolute atomic E-state index is 0.166. The molecule has 0 amide bonds. The van der Waals surface area contributed by atoms with Gasteiger partial charge < -0.3 is 14.7 Å². The summed E-state index contributed by atoms with van der Waals surface area (Å²) >= 11 is 0.